The fraction of sp³-hybridized carbons (Fsp3) is 0. The van der Waals surface area contributed by atoms with Gasteiger partial charge in [-0.15, -0.1) is 0 Å². The topological polar surface area (TPSA) is 6.48 Å². The van der Waals surface area contributed by atoms with Crippen LogP contribution >= 0.6 is 0 Å². The predicted octanol–water partition coefficient (Wildman–Crippen LogP) is 12.0. The Kier molecular flexibility index (Phi) is 7.71. The third-order valence-electron chi connectivity index (χ3n) is 7.84. The van der Waals surface area contributed by atoms with Gasteiger partial charge in [-0.3, -0.25) is 0 Å². The zero-order valence-corrected chi connectivity index (χ0v) is 24.4. The first-order valence-corrected chi connectivity index (χ1v) is 15.0. The molecule has 7 aromatic carbocycles. The molecule has 7 rings (SSSR count). The molecule has 0 fully saturated rings. The Hall–Kier alpha value is -5.86. The van der Waals surface area contributed by atoms with Gasteiger partial charge in [0.2, 0.25) is 0 Å². The number of rotatable bonds is 8. The lowest BCUT2D eigenvalue weighted by atomic mass is 9.93. The second-order valence-electron chi connectivity index (χ2n) is 10.7. The van der Waals surface area contributed by atoms with Crippen LogP contribution in [-0.4, -0.2) is 0 Å². The second-order valence-corrected chi connectivity index (χ2v) is 10.7. The summed E-state index contributed by atoms with van der Waals surface area (Å²) in [7, 11) is 0. The average molecular weight is 565 g/mol. The van der Waals surface area contributed by atoms with Crippen LogP contribution in [0.25, 0.3) is 22.3 Å². The summed E-state index contributed by atoms with van der Waals surface area (Å²) in [6.07, 6.45) is 0. The Balaban J connectivity index is 1.33. The molecule has 0 aliphatic rings. The first-order valence-electron chi connectivity index (χ1n) is 15.0. The standard InChI is InChI=1S/C42H32N2/c1-6-16-33(17-7-1)42-32-40(44(37-22-12-4-13-23-37)38-24-14-5-15-25-38)30-31-41(42)34-26-28-39(29-27-34)43(35-18-8-2-9-19-35)36-20-10-3-11-21-36/h1-32H. The third-order valence-corrected chi connectivity index (χ3v) is 7.84. The summed E-state index contributed by atoms with van der Waals surface area (Å²) in [4.78, 5) is 4.61. The minimum Gasteiger partial charge on any atom is -0.311 e. The van der Waals surface area contributed by atoms with Crippen molar-refractivity contribution < 1.29 is 0 Å². The Morgan fingerprint density at radius 1 is 0.227 bits per heavy atom. The molecular formula is C42H32N2. The maximum atomic E-state index is 2.32. The number of hydrogen-bond acceptors (Lipinski definition) is 2. The first kappa shape index (κ1) is 27.0. The molecule has 0 atom stereocenters. The van der Waals surface area contributed by atoms with Crippen molar-refractivity contribution >= 4 is 34.1 Å². The highest BCUT2D eigenvalue weighted by Gasteiger charge is 2.17. The molecule has 0 radical (unpaired) electrons. The lowest BCUT2D eigenvalue weighted by Crippen LogP contribution is -2.10. The van der Waals surface area contributed by atoms with E-state index in [4.69, 9.17) is 0 Å². The normalized spacial score (nSPS) is 10.7. The zero-order valence-electron chi connectivity index (χ0n) is 24.4. The highest BCUT2D eigenvalue weighted by molar-refractivity contribution is 5.89. The molecule has 0 bridgehead atoms. The van der Waals surface area contributed by atoms with E-state index in [-0.39, 0.29) is 0 Å². The molecule has 0 aromatic heterocycles. The maximum absolute atomic E-state index is 2.32. The molecule has 2 heteroatoms. The van der Waals surface area contributed by atoms with E-state index in [0.29, 0.717) is 0 Å². The van der Waals surface area contributed by atoms with Crippen LogP contribution in [0.3, 0.4) is 0 Å². The molecule has 0 saturated carbocycles. The number of hydrogen-bond donors (Lipinski definition) is 0. The second kappa shape index (κ2) is 12.6. The number of nitrogens with zero attached hydrogens (tertiary/aromatic N) is 2. The van der Waals surface area contributed by atoms with Crippen LogP contribution in [0.1, 0.15) is 0 Å². The van der Waals surface area contributed by atoms with E-state index in [9.17, 15) is 0 Å². The average Bonchev–Trinajstić information content (AvgIpc) is 3.11. The molecule has 0 aliphatic carbocycles. The van der Waals surface area contributed by atoms with Gasteiger partial charge in [-0.2, -0.15) is 0 Å². The summed E-state index contributed by atoms with van der Waals surface area (Å²) >= 11 is 0. The van der Waals surface area contributed by atoms with Gasteiger partial charge in [0, 0.05) is 34.1 Å². The maximum Gasteiger partial charge on any atom is 0.0468 e. The molecule has 0 N–H and O–H groups in total. The lowest BCUT2D eigenvalue weighted by Gasteiger charge is -2.27. The third kappa shape index (κ3) is 5.62. The zero-order chi connectivity index (χ0) is 29.6. The summed E-state index contributed by atoms with van der Waals surface area (Å²) in [5.41, 5.74) is 11.5. The Labute approximate surface area is 259 Å². The minimum atomic E-state index is 1.11. The molecule has 0 amide bonds. The van der Waals surface area contributed by atoms with Gasteiger partial charge in [-0.1, -0.05) is 121 Å². The van der Waals surface area contributed by atoms with E-state index in [1.165, 1.54) is 22.3 Å². The molecule has 44 heavy (non-hydrogen) atoms. The Morgan fingerprint density at radius 3 is 0.977 bits per heavy atom. The van der Waals surface area contributed by atoms with E-state index in [1.54, 1.807) is 0 Å². The lowest BCUT2D eigenvalue weighted by molar-refractivity contribution is 1.28. The molecule has 0 unspecified atom stereocenters. The Morgan fingerprint density at radius 2 is 0.545 bits per heavy atom. The summed E-state index contributed by atoms with van der Waals surface area (Å²) in [6, 6.07) is 68.6. The summed E-state index contributed by atoms with van der Waals surface area (Å²) in [5.74, 6) is 0. The first-order chi connectivity index (χ1) is 21.8. The van der Waals surface area contributed by atoms with Crippen LogP contribution in [0.5, 0.6) is 0 Å². The SMILES string of the molecule is c1ccc(-c2cc(N(c3ccccc3)c3ccccc3)ccc2-c2ccc(N(c3ccccc3)c3ccccc3)cc2)cc1. The van der Waals surface area contributed by atoms with Crippen molar-refractivity contribution in [2.75, 3.05) is 9.80 Å². The van der Waals surface area contributed by atoms with Gasteiger partial charge in [0.05, 0.1) is 0 Å². The molecule has 2 nitrogen and oxygen atoms in total. The summed E-state index contributed by atoms with van der Waals surface area (Å²) in [6.45, 7) is 0. The van der Waals surface area contributed by atoms with Crippen molar-refractivity contribution in [3.05, 3.63) is 194 Å². The molecular weight excluding hydrogens is 532 g/mol. The van der Waals surface area contributed by atoms with E-state index in [1.807, 2.05) is 0 Å². The van der Waals surface area contributed by atoms with Crippen LogP contribution in [0.4, 0.5) is 34.1 Å². The van der Waals surface area contributed by atoms with Crippen molar-refractivity contribution in [2.45, 2.75) is 0 Å². The van der Waals surface area contributed by atoms with E-state index in [2.05, 4.69) is 204 Å². The monoisotopic (exact) mass is 564 g/mol. The van der Waals surface area contributed by atoms with Crippen molar-refractivity contribution in [2.24, 2.45) is 0 Å². The summed E-state index contributed by atoms with van der Waals surface area (Å²) < 4.78 is 0. The van der Waals surface area contributed by atoms with Gasteiger partial charge in [0.15, 0.2) is 0 Å². The van der Waals surface area contributed by atoms with Crippen molar-refractivity contribution in [3.63, 3.8) is 0 Å². The predicted molar refractivity (Wildman–Crippen MR) is 187 cm³/mol. The highest BCUT2D eigenvalue weighted by Crippen LogP contribution is 2.41. The molecule has 0 heterocycles. The smallest absolute Gasteiger partial charge is 0.0468 e. The molecule has 0 spiro atoms. The van der Waals surface area contributed by atoms with Gasteiger partial charge in [-0.25, -0.2) is 0 Å². The highest BCUT2D eigenvalue weighted by atomic mass is 15.1. The van der Waals surface area contributed by atoms with Crippen LogP contribution in [0.15, 0.2) is 194 Å². The largest absolute Gasteiger partial charge is 0.311 e. The fourth-order valence-corrected chi connectivity index (χ4v) is 5.77. The molecule has 210 valence electrons. The van der Waals surface area contributed by atoms with Crippen molar-refractivity contribution in [1.29, 1.82) is 0 Å². The minimum absolute atomic E-state index is 1.11. The fourth-order valence-electron chi connectivity index (χ4n) is 5.77. The van der Waals surface area contributed by atoms with E-state index < -0.39 is 0 Å². The van der Waals surface area contributed by atoms with E-state index >= 15 is 0 Å². The van der Waals surface area contributed by atoms with Gasteiger partial charge < -0.3 is 9.80 Å². The van der Waals surface area contributed by atoms with Gasteiger partial charge >= 0.3 is 0 Å². The summed E-state index contributed by atoms with van der Waals surface area (Å²) in [5, 5.41) is 0. The number of anilines is 6. The number of benzene rings is 7. The van der Waals surface area contributed by atoms with Gasteiger partial charge in [0.25, 0.3) is 0 Å². The van der Waals surface area contributed by atoms with Gasteiger partial charge in [-0.05, 0) is 95.1 Å². The Bertz CT molecular complexity index is 1840. The van der Waals surface area contributed by atoms with Crippen LogP contribution < -0.4 is 9.80 Å². The van der Waals surface area contributed by atoms with E-state index in [0.717, 1.165) is 34.1 Å². The van der Waals surface area contributed by atoms with Crippen LogP contribution in [0.2, 0.25) is 0 Å². The van der Waals surface area contributed by atoms with Gasteiger partial charge in [0.1, 0.15) is 0 Å². The quantitative estimate of drug-likeness (QED) is 0.181. The van der Waals surface area contributed by atoms with Crippen LogP contribution in [-0.2, 0) is 0 Å². The number of para-hydroxylation sites is 4. The molecule has 7 aromatic rings. The van der Waals surface area contributed by atoms with Crippen molar-refractivity contribution in [1.82, 2.24) is 0 Å². The molecule has 0 aliphatic heterocycles. The van der Waals surface area contributed by atoms with Crippen LogP contribution in [0, 0.1) is 0 Å². The van der Waals surface area contributed by atoms with Crippen molar-refractivity contribution in [3.8, 4) is 22.3 Å². The molecule has 0 saturated heterocycles.